The maximum absolute atomic E-state index is 9.42. The van der Waals surface area contributed by atoms with Gasteiger partial charge in [0.2, 0.25) is 11.1 Å². The van der Waals surface area contributed by atoms with E-state index < -0.39 is 0 Å². The molecule has 3 rings (SSSR count). The van der Waals surface area contributed by atoms with Crippen LogP contribution in [0.3, 0.4) is 0 Å². The Morgan fingerprint density at radius 2 is 2.38 bits per heavy atom. The van der Waals surface area contributed by atoms with Crippen molar-refractivity contribution in [2.75, 3.05) is 12.0 Å². The zero-order valence-corrected chi connectivity index (χ0v) is 13.4. The maximum Gasteiger partial charge on any atom is 0.217 e. The molecule has 2 N–H and O–H groups in total. The molecule has 0 saturated carbocycles. The topological polar surface area (TPSA) is 114 Å². The Balaban J connectivity index is 1.97. The molecule has 1 aromatic carbocycles. The molecule has 3 aromatic rings. The number of aliphatic imine (C=N–C) groups is 1. The molecule has 2 aromatic heterocycles. The van der Waals surface area contributed by atoms with E-state index in [1.54, 1.807) is 36.0 Å². The van der Waals surface area contributed by atoms with E-state index in [0.29, 0.717) is 27.9 Å². The zero-order valence-electron chi connectivity index (χ0n) is 12.6. The second kappa shape index (κ2) is 6.80. The minimum Gasteiger partial charge on any atom is -0.496 e. The molecule has 0 atom stereocenters. The Morgan fingerprint density at radius 1 is 1.50 bits per heavy atom. The number of methoxy groups -OCH3 is 1. The number of oxazole rings is 1. The summed E-state index contributed by atoms with van der Waals surface area (Å²) < 4.78 is 10.7. The third-order valence-electron chi connectivity index (χ3n) is 3.10. The third-order valence-corrected chi connectivity index (χ3v) is 3.76. The Morgan fingerprint density at radius 3 is 3.00 bits per heavy atom. The van der Waals surface area contributed by atoms with Crippen LogP contribution in [-0.2, 0) is 0 Å². The number of rotatable bonds is 4. The van der Waals surface area contributed by atoms with Gasteiger partial charge >= 0.3 is 0 Å². The fourth-order valence-corrected chi connectivity index (χ4v) is 2.54. The molecule has 8 nitrogen and oxygen atoms in total. The molecule has 0 fully saturated rings. The molecular weight excluding hydrogens is 328 g/mol. The first-order valence-electron chi connectivity index (χ1n) is 6.73. The van der Waals surface area contributed by atoms with Crippen molar-refractivity contribution in [1.82, 2.24) is 9.97 Å². The maximum atomic E-state index is 9.42. The summed E-state index contributed by atoms with van der Waals surface area (Å²) in [5, 5.41) is 11.7. The predicted octanol–water partition coefficient (Wildman–Crippen LogP) is 2.74. The zero-order chi connectivity index (χ0) is 16.9. The van der Waals surface area contributed by atoms with Gasteiger partial charge in [0.1, 0.15) is 5.75 Å². The number of hydrogen-bond donors (Lipinski definition) is 1. The second-order valence-electron chi connectivity index (χ2n) is 4.47. The summed E-state index contributed by atoms with van der Waals surface area (Å²) in [6.45, 7) is 0. The monoisotopic (exact) mass is 340 g/mol. The van der Waals surface area contributed by atoms with Crippen LogP contribution in [-0.4, -0.2) is 23.0 Å². The lowest BCUT2D eigenvalue weighted by Gasteiger charge is -2.16. The van der Waals surface area contributed by atoms with E-state index in [4.69, 9.17) is 14.9 Å². The fraction of sp³-hybridized carbons (Fsp3) is 0.0667. The molecule has 0 amide bonds. The number of anilines is 1. The van der Waals surface area contributed by atoms with E-state index in [1.807, 2.05) is 6.19 Å². The van der Waals surface area contributed by atoms with Crippen LogP contribution in [0, 0.1) is 11.5 Å². The van der Waals surface area contributed by atoms with Crippen LogP contribution in [0.2, 0.25) is 0 Å². The minimum atomic E-state index is 0.0157. The lowest BCUT2D eigenvalue weighted by molar-refractivity contribution is 0.415. The van der Waals surface area contributed by atoms with Crippen molar-refractivity contribution in [2.45, 2.75) is 0 Å². The molecule has 0 aliphatic rings. The SMILES string of the molecule is COc1cc(N(C#N)C(N)=Nc2nccs2)ccc1-c1cnco1. The highest BCUT2D eigenvalue weighted by atomic mass is 32.1. The van der Waals surface area contributed by atoms with Crippen molar-refractivity contribution in [2.24, 2.45) is 10.7 Å². The normalized spacial score (nSPS) is 11.1. The Hall–Kier alpha value is -3.38. The number of thiazole rings is 1. The molecular formula is C15H12N6O2S. The van der Waals surface area contributed by atoms with E-state index in [2.05, 4.69) is 15.0 Å². The molecule has 0 aliphatic heterocycles. The summed E-state index contributed by atoms with van der Waals surface area (Å²) in [6.07, 6.45) is 6.53. The molecule has 0 unspecified atom stereocenters. The first-order chi connectivity index (χ1) is 11.7. The Bertz CT molecular complexity index is 883. The van der Waals surface area contributed by atoms with Crippen molar-refractivity contribution in [1.29, 1.82) is 5.26 Å². The molecule has 24 heavy (non-hydrogen) atoms. The van der Waals surface area contributed by atoms with Gasteiger partial charge in [-0.25, -0.2) is 14.9 Å². The summed E-state index contributed by atoms with van der Waals surface area (Å²) in [4.78, 5) is 13.2. The van der Waals surface area contributed by atoms with Crippen LogP contribution in [0.15, 0.2) is 51.8 Å². The fourth-order valence-electron chi connectivity index (χ4n) is 2.03. The van der Waals surface area contributed by atoms with Crippen molar-refractivity contribution in [3.05, 3.63) is 42.4 Å². The standard InChI is InChI=1S/C15H12N6O2S/c1-22-12-6-10(2-3-11(12)13-7-18-9-23-13)21(8-16)14(17)20-15-19-4-5-24-15/h2-7,9H,1H3,(H2,17,19,20). The van der Waals surface area contributed by atoms with Crippen molar-refractivity contribution < 1.29 is 9.15 Å². The van der Waals surface area contributed by atoms with Gasteiger partial charge in [-0.2, -0.15) is 10.3 Å². The van der Waals surface area contributed by atoms with Crippen LogP contribution in [0.4, 0.5) is 10.8 Å². The smallest absolute Gasteiger partial charge is 0.217 e. The molecule has 9 heteroatoms. The number of benzene rings is 1. The second-order valence-corrected chi connectivity index (χ2v) is 5.34. The largest absolute Gasteiger partial charge is 0.496 e. The van der Waals surface area contributed by atoms with E-state index >= 15 is 0 Å². The van der Waals surface area contributed by atoms with E-state index in [0.717, 1.165) is 0 Å². The number of ether oxygens (including phenoxy) is 1. The number of aromatic nitrogens is 2. The van der Waals surface area contributed by atoms with E-state index in [-0.39, 0.29) is 5.96 Å². The average Bonchev–Trinajstić information content (AvgIpc) is 3.29. The molecule has 120 valence electrons. The van der Waals surface area contributed by atoms with Gasteiger partial charge < -0.3 is 14.9 Å². The highest BCUT2D eigenvalue weighted by Gasteiger charge is 2.16. The van der Waals surface area contributed by atoms with E-state index in [9.17, 15) is 5.26 Å². The van der Waals surface area contributed by atoms with Crippen molar-refractivity contribution >= 4 is 28.1 Å². The highest BCUT2D eigenvalue weighted by molar-refractivity contribution is 7.13. The highest BCUT2D eigenvalue weighted by Crippen LogP contribution is 2.33. The van der Waals surface area contributed by atoms with Gasteiger partial charge in [0.15, 0.2) is 18.3 Å². The number of guanidine groups is 1. The molecule has 0 saturated heterocycles. The minimum absolute atomic E-state index is 0.0157. The van der Waals surface area contributed by atoms with Crippen LogP contribution in [0.1, 0.15) is 0 Å². The molecule has 2 heterocycles. The quantitative estimate of drug-likeness (QED) is 0.336. The summed E-state index contributed by atoms with van der Waals surface area (Å²) in [5.74, 6) is 1.10. The molecule has 0 radical (unpaired) electrons. The molecule has 0 aliphatic carbocycles. The van der Waals surface area contributed by atoms with Crippen LogP contribution in [0.5, 0.6) is 5.75 Å². The van der Waals surface area contributed by atoms with Gasteiger partial charge in [0.05, 0.1) is 24.6 Å². The first kappa shape index (κ1) is 15.5. The van der Waals surface area contributed by atoms with E-state index in [1.165, 1.54) is 29.7 Å². The van der Waals surface area contributed by atoms with Gasteiger partial charge in [-0.15, -0.1) is 11.3 Å². The van der Waals surface area contributed by atoms with Crippen molar-refractivity contribution in [3.8, 4) is 23.3 Å². The van der Waals surface area contributed by atoms with Crippen molar-refractivity contribution in [3.63, 3.8) is 0 Å². The number of nitrogens with two attached hydrogens (primary N) is 1. The first-order valence-corrected chi connectivity index (χ1v) is 7.61. The molecule has 0 spiro atoms. The Labute approximate surface area is 141 Å². The van der Waals surface area contributed by atoms with Gasteiger partial charge in [-0.05, 0) is 12.1 Å². The summed E-state index contributed by atoms with van der Waals surface area (Å²) in [7, 11) is 1.53. The lowest BCUT2D eigenvalue weighted by Crippen LogP contribution is -2.33. The number of nitriles is 1. The van der Waals surface area contributed by atoms with Gasteiger partial charge in [0, 0.05) is 17.6 Å². The number of hydrogen-bond acceptors (Lipinski definition) is 7. The van der Waals surface area contributed by atoms with Crippen LogP contribution in [0.25, 0.3) is 11.3 Å². The average molecular weight is 340 g/mol. The summed E-state index contributed by atoms with van der Waals surface area (Å²) in [5.41, 5.74) is 7.15. The lowest BCUT2D eigenvalue weighted by atomic mass is 10.1. The predicted molar refractivity (Wildman–Crippen MR) is 90.0 cm³/mol. The van der Waals surface area contributed by atoms with Gasteiger partial charge in [-0.1, -0.05) is 0 Å². The third kappa shape index (κ3) is 3.04. The summed E-state index contributed by atoms with van der Waals surface area (Å²) in [6, 6.07) is 5.15. The molecule has 0 bridgehead atoms. The van der Waals surface area contributed by atoms with Crippen LogP contribution < -0.4 is 15.4 Å². The van der Waals surface area contributed by atoms with Gasteiger partial charge in [0.25, 0.3) is 0 Å². The summed E-state index contributed by atoms with van der Waals surface area (Å²) >= 11 is 1.32. The number of nitrogens with zero attached hydrogens (tertiary/aromatic N) is 5. The van der Waals surface area contributed by atoms with Gasteiger partial charge in [-0.3, -0.25) is 0 Å². The van der Waals surface area contributed by atoms with Crippen LogP contribution >= 0.6 is 11.3 Å². The Kier molecular flexibility index (Phi) is 4.40.